The van der Waals surface area contributed by atoms with E-state index in [9.17, 15) is 0 Å². The van der Waals surface area contributed by atoms with Gasteiger partial charge in [-0.25, -0.2) is 0 Å². The summed E-state index contributed by atoms with van der Waals surface area (Å²) in [6, 6.07) is 5.50. The Bertz CT molecular complexity index is 523. The molecule has 0 unspecified atom stereocenters. The van der Waals surface area contributed by atoms with E-state index in [-0.39, 0.29) is 0 Å². The lowest BCUT2D eigenvalue weighted by atomic mass is 10.3. The molecule has 0 fully saturated rings. The summed E-state index contributed by atoms with van der Waals surface area (Å²) in [5.41, 5.74) is 7.60. The average molecular weight is 247 g/mol. The number of aromatic nitrogens is 3. The maximum Gasteiger partial charge on any atom is 0.215 e. The quantitative estimate of drug-likeness (QED) is 0.826. The van der Waals surface area contributed by atoms with Crippen LogP contribution >= 0.6 is 0 Å². The molecular weight excluding hydrogens is 230 g/mol. The Balaban J connectivity index is 1.96. The van der Waals surface area contributed by atoms with Crippen molar-refractivity contribution in [1.82, 2.24) is 14.8 Å². The van der Waals surface area contributed by atoms with Gasteiger partial charge in [-0.15, -0.1) is 0 Å². The molecule has 6 heteroatoms. The summed E-state index contributed by atoms with van der Waals surface area (Å²) in [5, 5.41) is 7.31. The first-order chi connectivity index (χ1) is 8.70. The van der Waals surface area contributed by atoms with Gasteiger partial charge < -0.3 is 15.8 Å². The highest BCUT2D eigenvalue weighted by Gasteiger charge is 2.03. The first-order valence-corrected chi connectivity index (χ1v) is 5.72. The average Bonchev–Trinajstić information content (AvgIpc) is 2.77. The van der Waals surface area contributed by atoms with Gasteiger partial charge in [0.1, 0.15) is 0 Å². The zero-order valence-corrected chi connectivity index (χ0v) is 10.6. The number of pyridine rings is 1. The lowest BCUT2D eigenvalue weighted by Crippen LogP contribution is -2.11. The maximum absolute atomic E-state index is 5.84. The molecule has 3 N–H and O–H groups in total. The number of aryl methyl sites for hydroxylation is 1. The number of nitrogens with zero attached hydrogens (tertiary/aromatic N) is 3. The first kappa shape index (κ1) is 12.2. The zero-order chi connectivity index (χ0) is 13.0. The largest absolute Gasteiger partial charge is 0.481 e. The number of hydrogen-bond acceptors (Lipinski definition) is 5. The molecule has 0 aliphatic carbocycles. The highest BCUT2D eigenvalue weighted by Crippen LogP contribution is 2.19. The van der Waals surface area contributed by atoms with Crippen LogP contribution in [0.5, 0.6) is 5.88 Å². The van der Waals surface area contributed by atoms with Crippen LogP contribution in [-0.4, -0.2) is 28.4 Å². The Kier molecular flexibility index (Phi) is 3.66. The van der Waals surface area contributed by atoms with Gasteiger partial charge in [-0.2, -0.15) is 10.1 Å². The molecule has 0 atom stereocenters. The van der Waals surface area contributed by atoms with E-state index in [1.165, 1.54) is 0 Å². The molecule has 2 aromatic rings. The smallest absolute Gasteiger partial charge is 0.215 e. The van der Waals surface area contributed by atoms with Gasteiger partial charge in [0.15, 0.2) is 5.82 Å². The summed E-state index contributed by atoms with van der Waals surface area (Å²) in [6.45, 7) is 0.740. The number of ether oxygens (including phenoxy) is 1. The van der Waals surface area contributed by atoms with E-state index in [1.807, 2.05) is 17.8 Å². The van der Waals surface area contributed by atoms with E-state index in [2.05, 4.69) is 15.4 Å². The van der Waals surface area contributed by atoms with Crippen LogP contribution in [0.4, 0.5) is 11.5 Å². The van der Waals surface area contributed by atoms with Gasteiger partial charge in [0.2, 0.25) is 5.88 Å². The summed E-state index contributed by atoms with van der Waals surface area (Å²) >= 11 is 0. The van der Waals surface area contributed by atoms with Crippen LogP contribution in [0.2, 0.25) is 0 Å². The third kappa shape index (κ3) is 2.71. The molecule has 0 amide bonds. The van der Waals surface area contributed by atoms with Gasteiger partial charge in [0.25, 0.3) is 0 Å². The van der Waals surface area contributed by atoms with Gasteiger partial charge in [-0.05, 0) is 12.1 Å². The highest BCUT2D eigenvalue weighted by atomic mass is 16.5. The van der Waals surface area contributed by atoms with Crippen molar-refractivity contribution in [3.8, 4) is 5.88 Å². The second-order valence-corrected chi connectivity index (χ2v) is 3.91. The van der Waals surface area contributed by atoms with Crippen LogP contribution in [0.3, 0.4) is 0 Å². The van der Waals surface area contributed by atoms with Crippen molar-refractivity contribution in [3.63, 3.8) is 0 Å². The molecule has 0 bridgehead atoms. The monoisotopic (exact) mass is 247 g/mol. The lowest BCUT2D eigenvalue weighted by Gasteiger charge is -2.09. The number of methoxy groups -OCH3 is 1. The lowest BCUT2D eigenvalue weighted by molar-refractivity contribution is 0.398. The molecule has 6 nitrogen and oxygen atoms in total. The molecule has 0 aliphatic heterocycles. The Labute approximate surface area is 106 Å². The summed E-state index contributed by atoms with van der Waals surface area (Å²) in [7, 11) is 3.51. The number of anilines is 2. The Morgan fingerprint density at radius 3 is 2.89 bits per heavy atom. The number of nitrogens with one attached hydrogen (secondary N) is 1. The number of rotatable bonds is 5. The van der Waals surface area contributed by atoms with E-state index in [0.29, 0.717) is 17.4 Å². The summed E-state index contributed by atoms with van der Waals surface area (Å²) in [5.74, 6) is 1.20. The molecule has 2 heterocycles. The predicted octanol–water partition coefficient (Wildman–Crippen LogP) is 1.06. The third-order valence-electron chi connectivity index (χ3n) is 2.71. The minimum Gasteiger partial charge on any atom is -0.481 e. The molecule has 0 radical (unpaired) electrons. The van der Waals surface area contributed by atoms with Crippen LogP contribution in [-0.2, 0) is 13.5 Å². The van der Waals surface area contributed by atoms with Gasteiger partial charge >= 0.3 is 0 Å². The zero-order valence-electron chi connectivity index (χ0n) is 10.6. The molecule has 2 aromatic heterocycles. The van der Waals surface area contributed by atoms with E-state index < -0.39 is 0 Å². The van der Waals surface area contributed by atoms with Gasteiger partial charge in [-0.3, -0.25) is 4.68 Å². The molecule has 18 heavy (non-hydrogen) atoms. The molecule has 2 rings (SSSR count). The Morgan fingerprint density at radius 2 is 2.22 bits per heavy atom. The minimum atomic E-state index is 0.548. The number of hydrogen-bond donors (Lipinski definition) is 2. The van der Waals surface area contributed by atoms with Gasteiger partial charge in [0, 0.05) is 38.0 Å². The SMILES string of the molecule is COc1ccc(N)c(NCCc2ccnn2C)n1. The van der Waals surface area contributed by atoms with Crippen molar-refractivity contribution in [3.05, 3.63) is 30.1 Å². The third-order valence-corrected chi connectivity index (χ3v) is 2.71. The summed E-state index contributed by atoms with van der Waals surface area (Å²) in [4.78, 5) is 4.25. The molecule has 0 aliphatic rings. The summed E-state index contributed by atoms with van der Waals surface area (Å²) < 4.78 is 6.91. The summed E-state index contributed by atoms with van der Waals surface area (Å²) in [6.07, 6.45) is 2.64. The van der Waals surface area contributed by atoms with E-state index in [4.69, 9.17) is 10.5 Å². The Hall–Kier alpha value is -2.24. The predicted molar refractivity (Wildman–Crippen MR) is 70.6 cm³/mol. The van der Waals surface area contributed by atoms with Crippen LogP contribution in [0.25, 0.3) is 0 Å². The number of nitrogens with two attached hydrogens (primary N) is 1. The van der Waals surface area contributed by atoms with Gasteiger partial charge in [-0.1, -0.05) is 0 Å². The minimum absolute atomic E-state index is 0.548. The highest BCUT2D eigenvalue weighted by molar-refractivity contribution is 5.61. The van der Waals surface area contributed by atoms with Crippen LogP contribution < -0.4 is 15.8 Å². The van der Waals surface area contributed by atoms with Crippen molar-refractivity contribution >= 4 is 11.5 Å². The van der Waals surface area contributed by atoms with Crippen LogP contribution in [0.15, 0.2) is 24.4 Å². The fourth-order valence-electron chi connectivity index (χ4n) is 1.66. The molecule has 0 saturated heterocycles. The fourth-order valence-corrected chi connectivity index (χ4v) is 1.66. The molecular formula is C12H17N5O. The molecule has 0 spiro atoms. The first-order valence-electron chi connectivity index (χ1n) is 5.72. The van der Waals surface area contributed by atoms with Crippen molar-refractivity contribution in [2.24, 2.45) is 7.05 Å². The standard InChI is InChI=1S/C12H17N5O/c1-17-9(6-8-15-17)5-7-14-12-10(13)3-4-11(16-12)18-2/h3-4,6,8H,5,7,13H2,1-2H3,(H,14,16). The van der Waals surface area contributed by atoms with E-state index in [0.717, 1.165) is 18.7 Å². The molecule has 0 aromatic carbocycles. The van der Waals surface area contributed by atoms with Gasteiger partial charge in [0.05, 0.1) is 12.8 Å². The molecule has 0 saturated carbocycles. The van der Waals surface area contributed by atoms with E-state index >= 15 is 0 Å². The maximum atomic E-state index is 5.84. The molecule has 96 valence electrons. The number of nitrogen functional groups attached to an aromatic ring is 1. The van der Waals surface area contributed by atoms with Crippen LogP contribution in [0.1, 0.15) is 5.69 Å². The normalized spacial score (nSPS) is 10.3. The second kappa shape index (κ2) is 5.39. The second-order valence-electron chi connectivity index (χ2n) is 3.91. The Morgan fingerprint density at radius 1 is 1.39 bits per heavy atom. The van der Waals surface area contributed by atoms with Crippen molar-refractivity contribution < 1.29 is 4.74 Å². The van der Waals surface area contributed by atoms with Crippen molar-refractivity contribution in [1.29, 1.82) is 0 Å². The van der Waals surface area contributed by atoms with Crippen molar-refractivity contribution in [2.75, 3.05) is 24.7 Å². The fraction of sp³-hybridized carbons (Fsp3) is 0.333. The topological polar surface area (TPSA) is 78.0 Å². The van der Waals surface area contributed by atoms with E-state index in [1.54, 1.807) is 25.4 Å². The van der Waals surface area contributed by atoms with Crippen molar-refractivity contribution in [2.45, 2.75) is 6.42 Å². The van der Waals surface area contributed by atoms with Crippen LogP contribution in [0, 0.1) is 0 Å².